The number of ether oxygens (including phenoxy) is 1. The van der Waals surface area contributed by atoms with Crippen molar-refractivity contribution in [2.75, 3.05) is 19.6 Å². The number of nitrogens with one attached hydrogen (secondary N) is 1. The summed E-state index contributed by atoms with van der Waals surface area (Å²) < 4.78 is 18.4. The first-order valence-electron chi connectivity index (χ1n) is 8.96. The fraction of sp³-hybridized carbons (Fsp3) is 0.421. The van der Waals surface area contributed by atoms with Crippen LogP contribution in [0.4, 0.5) is 4.53 Å². The van der Waals surface area contributed by atoms with E-state index >= 15 is 0 Å². The number of nitrogen functional groups attached to an aromatic ring is 1. The van der Waals surface area contributed by atoms with Crippen molar-refractivity contribution in [1.82, 2.24) is 15.0 Å². The highest BCUT2D eigenvalue weighted by atomic mass is 19.3. The average Bonchev–Trinajstić information content (AvgIpc) is 2.67. The molecule has 28 heavy (non-hydrogen) atoms. The minimum Gasteiger partial charge on any atom is -0.382 e. The second-order valence-corrected chi connectivity index (χ2v) is 7.22. The maximum atomic E-state index is 12.8. The lowest BCUT2D eigenvalue weighted by Crippen LogP contribution is -2.43. The number of amides is 1. The quantitative estimate of drug-likeness (QED) is 0.698. The Morgan fingerprint density at radius 3 is 2.61 bits per heavy atom. The van der Waals surface area contributed by atoms with Gasteiger partial charge in [0, 0.05) is 23.1 Å². The molecular weight excluding hydrogens is 367 g/mol. The standard InChI is InChI=1S/C19H23FN4O4/c1-19(8-3-9-19)18-23-14(10-16(25)24(18)21)17(26)22-15(11-27-2)12-4-6-13(28-20)7-5-12/h4-7,10,15H,3,8-9,11,21H2,1-2H3,(H,22,26)/t15-/m1/s1. The Hall–Kier alpha value is -2.94. The number of carbonyl (C=O) groups excluding carboxylic acids is 1. The van der Waals surface area contributed by atoms with Gasteiger partial charge in [-0.05, 0) is 30.5 Å². The molecule has 150 valence electrons. The smallest absolute Gasteiger partial charge is 0.272 e. The van der Waals surface area contributed by atoms with Crippen LogP contribution in [0.5, 0.6) is 5.75 Å². The molecule has 1 aromatic heterocycles. The van der Waals surface area contributed by atoms with Gasteiger partial charge in [-0.2, -0.15) is 0 Å². The van der Waals surface area contributed by atoms with E-state index in [4.69, 9.17) is 10.6 Å². The summed E-state index contributed by atoms with van der Waals surface area (Å²) in [6.07, 6.45) is 2.74. The van der Waals surface area contributed by atoms with Crippen LogP contribution in [0.2, 0.25) is 0 Å². The molecule has 9 heteroatoms. The Bertz CT molecular complexity index is 909. The zero-order chi connectivity index (χ0) is 20.3. The van der Waals surface area contributed by atoms with E-state index in [1.165, 1.54) is 19.2 Å². The lowest BCUT2D eigenvalue weighted by molar-refractivity contribution is -0.00624. The highest BCUT2D eigenvalue weighted by Crippen LogP contribution is 2.41. The maximum Gasteiger partial charge on any atom is 0.272 e. The largest absolute Gasteiger partial charge is 0.382 e. The van der Waals surface area contributed by atoms with E-state index in [2.05, 4.69) is 15.2 Å². The van der Waals surface area contributed by atoms with E-state index < -0.39 is 17.5 Å². The van der Waals surface area contributed by atoms with Gasteiger partial charge in [0.05, 0.1) is 12.6 Å². The van der Waals surface area contributed by atoms with Crippen LogP contribution in [-0.4, -0.2) is 29.3 Å². The van der Waals surface area contributed by atoms with Gasteiger partial charge in [0.2, 0.25) is 0 Å². The van der Waals surface area contributed by atoms with Gasteiger partial charge in [-0.15, -0.1) is 0 Å². The van der Waals surface area contributed by atoms with E-state index in [1.807, 2.05) is 6.92 Å². The van der Waals surface area contributed by atoms with Crippen molar-refractivity contribution in [1.29, 1.82) is 0 Å². The van der Waals surface area contributed by atoms with E-state index in [-0.39, 0.29) is 23.5 Å². The Labute approximate surface area is 161 Å². The van der Waals surface area contributed by atoms with Gasteiger partial charge < -0.3 is 15.9 Å². The highest BCUT2D eigenvalue weighted by Gasteiger charge is 2.38. The summed E-state index contributed by atoms with van der Waals surface area (Å²) in [4.78, 5) is 33.1. The summed E-state index contributed by atoms with van der Waals surface area (Å²) in [7, 11) is 1.50. The third kappa shape index (κ3) is 3.84. The molecular formula is C19H23FN4O4. The normalized spacial score (nSPS) is 16.1. The van der Waals surface area contributed by atoms with Crippen molar-refractivity contribution in [2.24, 2.45) is 0 Å². The average molecular weight is 390 g/mol. The Morgan fingerprint density at radius 2 is 2.07 bits per heavy atom. The maximum absolute atomic E-state index is 12.8. The number of halogens is 1. The van der Waals surface area contributed by atoms with Gasteiger partial charge >= 0.3 is 0 Å². The van der Waals surface area contributed by atoms with Crippen LogP contribution in [0.25, 0.3) is 0 Å². The second-order valence-electron chi connectivity index (χ2n) is 7.22. The minimum atomic E-state index is -0.519. The van der Waals surface area contributed by atoms with Gasteiger partial charge in [0.25, 0.3) is 11.5 Å². The van der Waals surface area contributed by atoms with Crippen molar-refractivity contribution in [3.63, 3.8) is 0 Å². The fourth-order valence-electron chi connectivity index (χ4n) is 3.34. The topological polar surface area (TPSA) is 108 Å². The molecule has 1 fully saturated rings. The van der Waals surface area contributed by atoms with Crippen LogP contribution < -0.4 is 21.7 Å². The van der Waals surface area contributed by atoms with Crippen molar-refractivity contribution in [2.45, 2.75) is 37.6 Å². The number of hydrogen-bond acceptors (Lipinski definition) is 6. The molecule has 1 atom stereocenters. The Morgan fingerprint density at radius 1 is 1.39 bits per heavy atom. The molecule has 3 rings (SSSR count). The van der Waals surface area contributed by atoms with Crippen molar-refractivity contribution < 1.29 is 19.0 Å². The summed E-state index contributed by atoms with van der Waals surface area (Å²) in [5.74, 6) is 5.80. The fourth-order valence-corrected chi connectivity index (χ4v) is 3.34. The molecule has 1 aromatic carbocycles. The van der Waals surface area contributed by atoms with Crippen molar-refractivity contribution in [3.05, 3.63) is 57.8 Å². The molecule has 0 radical (unpaired) electrons. The number of rotatable bonds is 7. The zero-order valence-corrected chi connectivity index (χ0v) is 15.8. The van der Waals surface area contributed by atoms with Crippen molar-refractivity contribution in [3.8, 4) is 5.75 Å². The van der Waals surface area contributed by atoms with Gasteiger partial charge in [0.1, 0.15) is 11.5 Å². The number of carbonyl (C=O) groups is 1. The van der Waals surface area contributed by atoms with Gasteiger partial charge in [-0.1, -0.05) is 25.5 Å². The summed E-state index contributed by atoms with van der Waals surface area (Å²) in [5.41, 5.74) is -0.108. The zero-order valence-electron chi connectivity index (χ0n) is 15.8. The molecule has 0 bridgehead atoms. The predicted molar refractivity (Wildman–Crippen MR) is 100 cm³/mol. The Kier molecular flexibility index (Phi) is 5.64. The molecule has 0 unspecified atom stereocenters. The highest BCUT2D eigenvalue weighted by molar-refractivity contribution is 5.92. The third-order valence-corrected chi connectivity index (χ3v) is 5.19. The van der Waals surface area contributed by atoms with Crippen LogP contribution in [0.1, 0.15) is 54.1 Å². The second kappa shape index (κ2) is 7.97. The lowest BCUT2D eigenvalue weighted by Gasteiger charge is -2.38. The number of methoxy groups -OCH3 is 1. The monoisotopic (exact) mass is 390 g/mol. The molecule has 0 aliphatic heterocycles. The number of aromatic nitrogens is 2. The minimum absolute atomic E-state index is 0.000334. The first kappa shape index (κ1) is 19.8. The first-order chi connectivity index (χ1) is 13.4. The number of nitrogens with zero attached hydrogens (tertiary/aromatic N) is 2. The number of benzene rings is 1. The molecule has 0 saturated heterocycles. The van der Waals surface area contributed by atoms with E-state index in [0.717, 1.165) is 30.0 Å². The molecule has 1 saturated carbocycles. The Balaban J connectivity index is 1.86. The lowest BCUT2D eigenvalue weighted by atomic mass is 9.70. The van der Waals surface area contributed by atoms with Gasteiger partial charge in [-0.25, -0.2) is 9.66 Å². The van der Waals surface area contributed by atoms with E-state index in [0.29, 0.717) is 11.4 Å². The predicted octanol–water partition coefficient (Wildman–Crippen LogP) is 1.78. The summed E-state index contributed by atoms with van der Waals surface area (Å²) in [6.45, 7) is 2.16. The summed E-state index contributed by atoms with van der Waals surface area (Å²) in [6, 6.07) is 6.71. The molecule has 1 aliphatic rings. The van der Waals surface area contributed by atoms with Gasteiger partial charge in [0.15, 0.2) is 5.75 Å². The molecule has 2 aromatic rings. The van der Waals surface area contributed by atoms with Crippen LogP contribution >= 0.6 is 0 Å². The molecule has 1 heterocycles. The van der Waals surface area contributed by atoms with Gasteiger partial charge in [-0.3, -0.25) is 14.5 Å². The molecule has 3 N–H and O–H groups in total. The van der Waals surface area contributed by atoms with Crippen LogP contribution in [-0.2, 0) is 10.2 Å². The van der Waals surface area contributed by atoms with Crippen LogP contribution in [0.3, 0.4) is 0 Å². The number of hydrogen-bond donors (Lipinski definition) is 2. The SMILES string of the molecule is COC[C@@H](NC(=O)c1cc(=O)n(N)c(C2(C)CCC2)n1)c1ccc(OF)cc1. The van der Waals surface area contributed by atoms with E-state index in [9.17, 15) is 14.1 Å². The van der Waals surface area contributed by atoms with Crippen LogP contribution in [0.15, 0.2) is 35.1 Å². The molecule has 1 aliphatic carbocycles. The molecule has 0 spiro atoms. The third-order valence-electron chi connectivity index (χ3n) is 5.19. The first-order valence-corrected chi connectivity index (χ1v) is 8.96. The molecule has 1 amide bonds. The molecule has 8 nitrogen and oxygen atoms in total. The summed E-state index contributed by atoms with van der Waals surface area (Å²) in [5, 5.41) is 2.80. The van der Waals surface area contributed by atoms with Crippen LogP contribution in [0, 0.1) is 0 Å². The van der Waals surface area contributed by atoms with E-state index in [1.54, 1.807) is 12.1 Å². The summed E-state index contributed by atoms with van der Waals surface area (Å²) >= 11 is 0. The van der Waals surface area contributed by atoms with Crippen molar-refractivity contribution >= 4 is 5.91 Å². The number of nitrogens with two attached hydrogens (primary N) is 1.